The van der Waals surface area contributed by atoms with Crippen molar-refractivity contribution in [2.75, 3.05) is 0 Å². The molecule has 0 fully saturated rings. The number of hydrogen-bond acceptors (Lipinski definition) is 4. The number of nitrogens with one attached hydrogen (secondary N) is 1. The van der Waals surface area contributed by atoms with Gasteiger partial charge in [0.05, 0.1) is 6.20 Å². The summed E-state index contributed by atoms with van der Waals surface area (Å²) >= 11 is 0. The van der Waals surface area contributed by atoms with E-state index in [0.29, 0.717) is 5.76 Å². The van der Waals surface area contributed by atoms with Crippen LogP contribution in [-0.4, -0.2) is 27.5 Å². The Kier molecular flexibility index (Phi) is 3.31. The molecule has 0 radical (unpaired) electrons. The molecule has 0 atom stereocenters. The van der Waals surface area contributed by atoms with Crippen molar-refractivity contribution in [1.29, 1.82) is 0 Å². The van der Waals surface area contributed by atoms with Gasteiger partial charge in [-0.1, -0.05) is 0 Å². The second-order valence-electron chi connectivity index (χ2n) is 4.02. The highest BCUT2D eigenvalue weighted by Gasteiger charge is 2.29. The van der Waals surface area contributed by atoms with Crippen molar-refractivity contribution in [3.8, 4) is 0 Å². The van der Waals surface area contributed by atoms with Crippen molar-refractivity contribution < 1.29 is 19.1 Å². The zero-order chi connectivity index (χ0) is 12.3. The summed E-state index contributed by atoms with van der Waals surface area (Å²) in [5, 5.41) is 11.2. The van der Waals surface area contributed by atoms with Gasteiger partial charge in [0.15, 0.2) is 0 Å². The zero-order valence-corrected chi connectivity index (χ0v) is 9.40. The molecule has 2 N–H and O–H groups in total. The molecule has 6 nitrogen and oxygen atoms in total. The molecular weight excluding hydrogens is 212 g/mol. The van der Waals surface area contributed by atoms with E-state index in [9.17, 15) is 9.59 Å². The average Bonchev–Trinajstić information content (AvgIpc) is 2.49. The van der Waals surface area contributed by atoms with Crippen LogP contribution in [0.1, 0.15) is 25.5 Å². The number of aliphatic carboxylic acids is 1. The first-order chi connectivity index (χ1) is 7.31. The number of aryl methyl sites for hydroxylation is 1. The van der Waals surface area contributed by atoms with Crippen LogP contribution in [0.3, 0.4) is 0 Å². The molecule has 16 heavy (non-hydrogen) atoms. The lowest BCUT2D eigenvalue weighted by atomic mass is 10.1. The number of carbonyl (C=O) groups is 2. The van der Waals surface area contributed by atoms with E-state index in [1.54, 1.807) is 6.92 Å². The van der Waals surface area contributed by atoms with Crippen molar-refractivity contribution in [2.24, 2.45) is 0 Å². The van der Waals surface area contributed by atoms with Crippen LogP contribution in [0.4, 0.5) is 0 Å². The van der Waals surface area contributed by atoms with Crippen molar-refractivity contribution in [3.05, 3.63) is 17.8 Å². The van der Waals surface area contributed by atoms with E-state index in [0.717, 1.165) is 0 Å². The Hall–Kier alpha value is -1.85. The Morgan fingerprint density at radius 1 is 1.56 bits per heavy atom. The molecular formula is C10H14N2O4. The number of rotatable bonds is 4. The number of carboxylic acid groups (broad SMARTS) is 1. The van der Waals surface area contributed by atoms with E-state index < -0.39 is 17.4 Å². The quantitative estimate of drug-likeness (QED) is 0.780. The second kappa shape index (κ2) is 4.34. The highest BCUT2D eigenvalue weighted by atomic mass is 16.4. The van der Waals surface area contributed by atoms with Gasteiger partial charge in [0, 0.05) is 0 Å². The first-order valence-electron chi connectivity index (χ1n) is 4.77. The molecule has 0 bridgehead atoms. The average molecular weight is 226 g/mol. The van der Waals surface area contributed by atoms with Crippen molar-refractivity contribution in [2.45, 2.75) is 32.7 Å². The van der Waals surface area contributed by atoms with Crippen LogP contribution in [0, 0.1) is 6.92 Å². The Labute approximate surface area is 92.7 Å². The van der Waals surface area contributed by atoms with Gasteiger partial charge in [0.2, 0.25) is 11.8 Å². The van der Waals surface area contributed by atoms with Gasteiger partial charge in [-0.25, -0.2) is 9.78 Å². The molecule has 1 aromatic rings. The van der Waals surface area contributed by atoms with Crippen molar-refractivity contribution in [3.63, 3.8) is 0 Å². The van der Waals surface area contributed by atoms with E-state index in [4.69, 9.17) is 9.52 Å². The molecule has 0 aliphatic rings. The Morgan fingerprint density at radius 3 is 2.62 bits per heavy atom. The lowest BCUT2D eigenvalue weighted by Crippen LogP contribution is -2.50. The fraction of sp³-hybridized carbons (Fsp3) is 0.500. The van der Waals surface area contributed by atoms with Gasteiger partial charge in [0.1, 0.15) is 17.7 Å². The van der Waals surface area contributed by atoms with Crippen LogP contribution < -0.4 is 5.32 Å². The molecule has 0 saturated heterocycles. The third kappa shape index (κ3) is 3.08. The largest absolute Gasteiger partial charge is 0.480 e. The minimum Gasteiger partial charge on any atom is -0.480 e. The molecule has 0 aromatic carbocycles. The topological polar surface area (TPSA) is 92.4 Å². The first-order valence-corrected chi connectivity index (χ1v) is 4.77. The first kappa shape index (κ1) is 12.2. The van der Waals surface area contributed by atoms with E-state index in [2.05, 4.69) is 10.3 Å². The number of carbonyl (C=O) groups excluding carboxylic acids is 1. The Balaban J connectivity index is 2.58. The molecule has 1 heterocycles. The van der Waals surface area contributed by atoms with E-state index in [-0.39, 0.29) is 12.3 Å². The fourth-order valence-electron chi connectivity index (χ4n) is 1.07. The highest BCUT2D eigenvalue weighted by Crippen LogP contribution is 2.05. The normalized spacial score (nSPS) is 11.2. The minimum absolute atomic E-state index is 0.0649. The Morgan fingerprint density at radius 2 is 2.19 bits per heavy atom. The summed E-state index contributed by atoms with van der Waals surface area (Å²) in [6.45, 7) is 4.54. The van der Waals surface area contributed by atoms with Crippen LogP contribution in [0.25, 0.3) is 0 Å². The van der Waals surface area contributed by atoms with E-state index >= 15 is 0 Å². The molecule has 1 rings (SSSR count). The number of amides is 1. The minimum atomic E-state index is -1.29. The van der Waals surface area contributed by atoms with Crippen LogP contribution in [0.5, 0.6) is 0 Å². The van der Waals surface area contributed by atoms with Gasteiger partial charge < -0.3 is 14.8 Å². The van der Waals surface area contributed by atoms with Crippen LogP contribution in [0.15, 0.2) is 10.6 Å². The predicted molar refractivity (Wildman–Crippen MR) is 54.8 cm³/mol. The van der Waals surface area contributed by atoms with Gasteiger partial charge in [-0.15, -0.1) is 0 Å². The number of hydrogen-bond donors (Lipinski definition) is 2. The molecule has 6 heteroatoms. The summed E-state index contributed by atoms with van der Waals surface area (Å²) in [4.78, 5) is 26.1. The third-order valence-electron chi connectivity index (χ3n) is 1.97. The predicted octanol–water partition coefficient (Wildman–Crippen LogP) is 0.505. The molecule has 88 valence electrons. The smallest absolute Gasteiger partial charge is 0.328 e. The molecule has 0 unspecified atom stereocenters. The number of aromatic nitrogens is 1. The molecule has 0 saturated carbocycles. The fourth-order valence-corrected chi connectivity index (χ4v) is 1.07. The zero-order valence-electron chi connectivity index (χ0n) is 9.40. The summed E-state index contributed by atoms with van der Waals surface area (Å²) in [6, 6.07) is 0. The molecule has 1 aromatic heterocycles. The van der Waals surface area contributed by atoms with Crippen molar-refractivity contribution in [1.82, 2.24) is 10.3 Å². The Bertz CT molecular complexity index is 409. The maximum atomic E-state index is 11.5. The van der Waals surface area contributed by atoms with Gasteiger partial charge >= 0.3 is 5.97 Å². The van der Waals surface area contributed by atoms with Gasteiger partial charge in [-0.05, 0) is 20.8 Å². The van der Waals surface area contributed by atoms with Gasteiger partial charge in [-0.3, -0.25) is 4.79 Å². The summed E-state index contributed by atoms with van der Waals surface area (Å²) in [6.07, 6.45) is 1.44. The van der Waals surface area contributed by atoms with E-state index in [1.165, 1.54) is 20.0 Å². The van der Waals surface area contributed by atoms with Gasteiger partial charge in [-0.2, -0.15) is 0 Å². The number of nitrogens with zero attached hydrogens (tertiary/aromatic N) is 1. The molecule has 1 amide bonds. The summed E-state index contributed by atoms with van der Waals surface area (Å²) in [5.74, 6) is -0.643. The third-order valence-corrected chi connectivity index (χ3v) is 1.97. The maximum Gasteiger partial charge on any atom is 0.328 e. The lowest BCUT2D eigenvalue weighted by Gasteiger charge is -2.20. The molecule has 0 aliphatic heterocycles. The molecule has 0 spiro atoms. The summed E-state index contributed by atoms with van der Waals surface area (Å²) < 4.78 is 5.11. The van der Waals surface area contributed by atoms with Crippen LogP contribution >= 0.6 is 0 Å². The number of oxazole rings is 1. The molecule has 0 aliphatic carbocycles. The van der Waals surface area contributed by atoms with Gasteiger partial charge in [0.25, 0.3) is 0 Å². The van der Waals surface area contributed by atoms with Crippen LogP contribution in [-0.2, 0) is 16.0 Å². The van der Waals surface area contributed by atoms with Crippen LogP contribution in [0.2, 0.25) is 0 Å². The number of carboxylic acids is 1. The SMILES string of the molecule is Cc1cnc(CC(=O)NC(C)(C)C(=O)O)o1. The maximum absolute atomic E-state index is 11.5. The van der Waals surface area contributed by atoms with Crippen molar-refractivity contribution >= 4 is 11.9 Å². The lowest BCUT2D eigenvalue weighted by molar-refractivity contribution is -0.146. The van der Waals surface area contributed by atoms with E-state index in [1.807, 2.05) is 0 Å². The highest BCUT2D eigenvalue weighted by molar-refractivity contribution is 5.86. The monoisotopic (exact) mass is 226 g/mol. The summed E-state index contributed by atoms with van der Waals surface area (Å²) in [7, 11) is 0. The standard InChI is InChI=1S/C10H14N2O4/c1-6-5-11-8(16-6)4-7(13)12-10(2,3)9(14)15/h5H,4H2,1-3H3,(H,12,13)(H,14,15). The summed E-state index contributed by atoms with van der Waals surface area (Å²) in [5.41, 5.74) is -1.29. The second-order valence-corrected chi connectivity index (χ2v) is 4.02.